The van der Waals surface area contributed by atoms with Gasteiger partial charge in [0, 0.05) is 35.5 Å². The largest absolute Gasteiger partial charge is 0.493 e. The Balaban J connectivity index is 1.79. The number of hydrogen-bond donors (Lipinski definition) is 1. The summed E-state index contributed by atoms with van der Waals surface area (Å²) in [6.45, 7) is 4.41. The van der Waals surface area contributed by atoms with E-state index in [4.69, 9.17) is 9.47 Å². The third-order valence-corrected chi connectivity index (χ3v) is 4.74. The zero-order valence-corrected chi connectivity index (χ0v) is 16.3. The predicted molar refractivity (Wildman–Crippen MR) is 103 cm³/mol. The molecule has 0 radical (unpaired) electrons. The Morgan fingerprint density at radius 3 is 2.61 bits per heavy atom. The van der Waals surface area contributed by atoms with Gasteiger partial charge in [-0.2, -0.15) is 5.10 Å². The lowest BCUT2D eigenvalue weighted by Gasteiger charge is -2.17. The van der Waals surface area contributed by atoms with Crippen molar-refractivity contribution < 1.29 is 18.3 Å². The summed E-state index contributed by atoms with van der Waals surface area (Å²) in [6, 6.07) is 9.12. The molecule has 3 aromatic rings. The van der Waals surface area contributed by atoms with Gasteiger partial charge in [0.15, 0.2) is 17.3 Å². The van der Waals surface area contributed by atoms with Crippen molar-refractivity contribution >= 4 is 0 Å². The zero-order chi connectivity index (χ0) is 20.3. The lowest BCUT2D eigenvalue weighted by Crippen LogP contribution is -2.19. The zero-order valence-electron chi connectivity index (χ0n) is 16.3. The van der Waals surface area contributed by atoms with Crippen molar-refractivity contribution in [2.24, 2.45) is 0 Å². The van der Waals surface area contributed by atoms with Crippen LogP contribution < -0.4 is 14.8 Å². The first-order valence-electron chi connectivity index (χ1n) is 8.89. The van der Waals surface area contributed by atoms with Crippen molar-refractivity contribution in [1.29, 1.82) is 0 Å². The van der Waals surface area contributed by atoms with Crippen LogP contribution in [0.1, 0.15) is 29.8 Å². The van der Waals surface area contributed by atoms with Crippen LogP contribution in [0.4, 0.5) is 8.78 Å². The fraction of sp³-hybridized carbons (Fsp3) is 0.286. The fourth-order valence-corrected chi connectivity index (χ4v) is 3.21. The monoisotopic (exact) mass is 387 g/mol. The molecular formula is C21H23F2N3O2. The number of hydrogen-bond acceptors (Lipinski definition) is 4. The number of benzene rings is 2. The third-order valence-electron chi connectivity index (χ3n) is 4.74. The molecule has 0 aliphatic carbocycles. The molecule has 0 saturated heterocycles. The van der Waals surface area contributed by atoms with E-state index in [2.05, 4.69) is 10.4 Å². The lowest BCUT2D eigenvalue weighted by molar-refractivity contribution is 0.350. The molecule has 7 heteroatoms. The standard InChI is InChI=1S/C21H23F2N3O2/c1-13(24-11-15-6-5-7-20(27-3)21(15)28-4)17-12-25-26(14(17)2)19-9-8-16(22)10-18(19)23/h5-10,12-13,24H,11H2,1-4H3/t13-/m0/s1. The summed E-state index contributed by atoms with van der Waals surface area (Å²) in [7, 11) is 3.21. The van der Waals surface area contributed by atoms with E-state index in [0.717, 1.165) is 22.9 Å². The molecule has 1 heterocycles. The number of halogens is 2. The Kier molecular flexibility index (Phi) is 5.94. The molecule has 28 heavy (non-hydrogen) atoms. The van der Waals surface area contributed by atoms with Gasteiger partial charge in [-0.25, -0.2) is 13.5 Å². The van der Waals surface area contributed by atoms with Gasteiger partial charge in [-0.1, -0.05) is 12.1 Å². The maximum absolute atomic E-state index is 14.1. The Morgan fingerprint density at radius 1 is 1.14 bits per heavy atom. The van der Waals surface area contributed by atoms with Crippen molar-refractivity contribution in [3.05, 3.63) is 71.1 Å². The first kappa shape index (κ1) is 19.8. The Hall–Kier alpha value is -2.93. The van der Waals surface area contributed by atoms with Gasteiger partial charge in [0.05, 0.1) is 20.4 Å². The summed E-state index contributed by atoms with van der Waals surface area (Å²) < 4.78 is 39.6. The van der Waals surface area contributed by atoms with Crippen LogP contribution in [0.15, 0.2) is 42.6 Å². The summed E-state index contributed by atoms with van der Waals surface area (Å²) in [4.78, 5) is 0. The minimum Gasteiger partial charge on any atom is -0.493 e. The maximum Gasteiger partial charge on any atom is 0.165 e. The number of nitrogens with zero attached hydrogens (tertiary/aromatic N) is 2. The highest BCUT2D eigenvalue weighted by Crippen LogP contribution is 2.31. The second kappa shape index (κ2) is 8.39. The van der Waals surface area contributed by atoms with Crippen LogP contribution in [0.25, 0.3) is 5.69 Å². The highest BCUT2D eigenvalue weighted by Gasteiger charge is 2.17. The molecule has 1 aromatic heterocycles. The molecule has 148 valence electrons. The molecule has 0 amide bonds. The molecule has 1 atom stereocenters. The summed E-state index contributed by atoms with van der Waals surface area (Å²) in [6.07, 6.45) is 1.69. The van der Waals surface area contributed by atoms with Gasteiger partial charge >= 0.3 is 0 Å². The highest BCUT2D eigenvalue weighted by atomic mass is 19.1. The van der Waals surface area contributed by atoms with E-state index >= 15 is 0 Å². The first-order valence-corrected chi connectivity index (χ1v) is 8.89. The maximum atomic E-state index is 14.1. The lowest BCUT2D eigenvalue weighted by atomic mass is 10.1. The van der Waals surface area contributed by atoms with Crippen LogP contribution in [-0.4, -0.2) is 24.0 Å². The third kappa shape index (κ3) is 3.84. The fourth-order valence-electron chi connectivity index (χ4n) is 3.21. The van der Waals surface area contributed by atoms with Crippen LogP contribution in [0.3, 0.4) is 0 Å². The second-order valence-corrected chi connectivity index (χ2v) is 6.45. The summed E-state index contributed by atoms with van der Waals surface area (Å²) in [5.74, 6) is 0.0868. The van der Waals surface area contributed by atoms with Gasteiger partial charge in [0.1, 0.15) is 11.5 Å². The van der Waals surface area contributed by atoms with Crippen molar-refractivity contribution in [3.8, 4) is 17.2 Å². The first-order chi connectivity index (χ1) is 13.5. The number of nitrogens with one attached hydrogen (secondary N) is 1. The van der Waals surface area contributed by atoms with Gasteiger partial charge < -0.3 is 14.8 Å². The second-order valence-electron chi connectivity index (χ2n) is 6.45. The Morgan fingerprint density at radius 2 is 1.93 bits per heavy atom. The van der Waals surface area contributed by atoms with Crippen molar-refractivity contribution in [1.82, 2.24) is 15.1 Å². The number of aromatic nitrogens is 2. The van der Waals surface area contributed by atoms with E-state index in [-0.39, 0.29) is 11.7 Å². The van der Waals surface area contributed by atoms with Crippen molar-refractivity contribution in [2.75, 3.05) is 14.2 Å². The van der Waals surface area contributed by atoms with E-state index in [1.54, 1.807) is 20.4 Å². The van der Waals surface area contributed by atoms with Crippen molar-refractivity contribution in [2.45, 2.75) is 26.4 Å². The molecular weight excluding hydrogens is 364 g/mol. The number of methoxy groups -OCH3 is 2. The van der Waals surface area contributed by atoms with E-state index in [1.807, 2.05) is 32.0 Å². The molecule has 1 N–H and O–H groups in total. The highest BCUT2D eigenvalue weighted by molar-refractivity contribution is 5.46. The molecule has 5 nitrogen and oxygen atoms in total. The number of ether oxygens (including phenoxy) is 2. The molecule has 0 aliphatic rings. The molecule has 0 saturated carbocycles. The summed E-state index contributed by atoms with van der Waals surface area (Å²) >= 11 is 0. The molecule has 0 unspecified atom stereocenters. The molecule has 2 aromatic carbocycles. The topological polar surface area (TPSA) is 48.3 Å². The van der Waals surface area contributed by atoms with Crippen LogP contribution in [-0.2, 0) is 6.54 Å². The molecule has 0 aliphatic heterocycles. The quantitative estimate of drug-likeness (QED) is 0.656. The van der Waals surface area contributed by atoms with E-state index in [1.165, 1.54) is 16.8 Å². The van der Waals surface area contributed by atoms with Gasteiger partial charge in [-0.3, -0.25) is 0 Å². The van der Waals surface area contributed by atoms with Gasteiger partial charge in [-0.15, -0.1) is 0 Å². The molecule has 0 fully saturated rings. The molecule has 0 bridgehead atoms. The van der Waals surface area contributed by atoms with Gasteiger partial charge in [0.2, 0.25) is 0 Å². The van der Waals surface area contributed by atoms with Crippen molar-refractivity contribution in [3.63, 3.8) is 0 Å². The van der Waals surface area contributed by atoms with Gasteiger partial charge in [0.25, 0.3) is 0 Å². The smallest absolute Gasteiger partial charge is 0.165 e. The van der Waals surface area contributed by atoms with E-state index < -0.39 is 11.6 Å². The predicted octanol–water partition coefficient (Wildman–Crippen LogP) is 4.33. The minimum absolute atomic E-state index is 0.0480. The van der Waals surface area contributed by atoms with Crippen LogP contribution in [0.2, 0.25) is 0 Å². The minimum atomic E-state index is -0.653. The molecule has 3 rings (SSSR count). The SMILES string of the molecule is COc1cccc(CN[C@@H](C)c2cnn(-c3ccc(F)cc3F)c2C)c1OC. The Labute approximate surface area is 162 Å². The number of para-hydroxylation sites is 1. The number of rotatable bonds is 7. The normalized spacial score (nSPS) is 12.1. The van der Waals surface area contributed by atoms with Crippen LogP contribution in [0.5, 0.6) is 11.5 Å². The van der Waals surface area contributed by atoms with E-state index in [0.29, 0.717) is 18.0 Å². The Bertz CT molecular complexity index is 972. The summed E-state index contributed by atoms with van der Waals surface area (Å²) in [5, 5.41) is 7.71. The van der Waals surface area contributed by atoms with E-state index in [9.17, 15) is 8.78 Å². The average molecular weight is 387 g/mol. The average Bonchev–Trinajstić information content (AvgIpc) is 3.06. The van der Waals surface area contributed by atoms with Crippen LogP contribution in [0, 0.1) is 18.6 Å². The molecule has 0 spiro atoms. The summed E-state index contributed by atoms with van der Waals surface area (Å²) in [5.41, 5.74) is 2.88. The van der Waals surface area contributed by atoms with Gasteiger partial charge in [-0.05, 0) is 32.0 Å². The van der Waals surface area contributed by atoms with Crippen LogP contribution >= 0.6 is 0 Å².